The Morgan fingerprint density at radius 2 is 1.92 bits per heavy atom. The van der Waals surface area contributed by atoms with Crippen molar-refractivity contribution in [3.05, 3.63) is 30.1 Å². The largest absolute Gasteiger partial charge is 0.383 e. The van der Waals surface area contributed by atoms with Crippen LogP contribution < -0.4 is 15.5 Å². The van der Waals surface area contributed by atoms with E-state index in [1.54, 1.807) is 14.2 Å². The van der Waals surface area contributed by atoms with Gasteiger partial charge in [-0.25, -0.2) is 4.39 Å². The van der Waals surface area contributed by atoms with Crippen molar-refractivity contribution in [3.8, 4) is 0 Å². The highest BCUT2D eigenvalue weighted by atomic mass is 19.1. The van der Waals surface area contributed by atoms with E-state index in [4.69, 9.17) is 4.74 Å². The van der Waals surface area contributed by atoms with Crippen molar-refractivity contribution in [1.29, 1.82) is 0 Å². The van der Waals surface area contributed by atoms with E-state index >= 15 is 0 Å². The highest BCUT2D eigenvalue weighted by Gasteiger charge is 2.17. The molecule has 2 rings (SSSR count). The second-order valence-electron chi connectivity index (χ2n) is 6.30. The van der Waals surface area contributed by atoms with Crippen LogP contribution >= 0.6 is 0 Å². The van der Waals surface area contributed by atoms with E-state index in [1.807, 2.05) is 12.1 Å². The molecule has 0 spiro atoms. The van der Waals surface area contributed by atoms with Crippen LogP contribution in [0.2, 0.25) is 0 Å². The van der Waals surface area contributed by atoms with Crippen LogP contribution in [0, 0.1) is 5.82 Å². The van der Waals surface area contributed by atoms with Crippen molar-refractivity contribution in [1.82, 2.24) is 15.5 Å². The van der Waals surface area contributed by atoms with Gasteiger partial charge in [-0.05, 0) is 31.2 Å². The molecule has 0 bridgehead atoms. The van der Waals surface area contributed by atoms with Crippen LogP contribution in [-0.4, -0.2) is 76.9 Å². The minimum atomic E-state index is -0.185. The third-order valence-electron chi connectivity index (χ3n) is 4.31. The Morgan fingerprint density at radius 1 is 1.24 bits per heavy atom. The first-order valence-electron chi connectivity index (χ1n) is 8.81. The number of aliphatic imine (C=N–C) groups is 1. The average molecular weight is 351 g/mol. The summed E-state index contributed by atoms with van der Waals surface area (Å²) >= 11 is 0. The first kappa shape index (κ1) is 19.5. The molecular weight excluding hydrogens is 321 g/mol. The first-order chi connectivity index (χ1) is 12.1. The Hall–Kier alpha value is -1.86. The molecule has 1 atom stereocenters. The summed E-state index contributed by atoms with van der Waals surface area (Å²) in [6.07, 6.45) is 0. The van der Waals surface area contributed by atoms with Crippen LogP contribution in [0.3, 0.4) is 0 Å². The van der Waals surface area contributed by atoms with Gasteiger partial charge in [0.15, 0.2) is 5.96 Å². The summed E-state index contributed by atoms with van der Waals surface area (Å²) in [5.74, 6) is 0.616. The van der Waals surface area contributed by atoms with Gasteiger partial charge in [0.25, 0.3) is 0 Å². The summed E-state index contributed by atoms with van der Waals surface area (Å²) in [6, 6.07) is 6.96. The maximum absolute atomic E-state index is 13.0. The van der Waals surface area contributed by atoms with Gasteiger partial charge in [-0.3, -0.25) is 9.89 Å². The van der Waals surface area contributed by atoms with E-state index in [9.17, 15) is 4.39 Å². The van der Waals surface area contributed by atoms with Crippen LogP contribution in [0.15, 0.2) is 29.3 Å². The number of benzene rings is 1. The number of nitrogens with zero attached hydrogens (tertiary/aromatic N) is 3. The first-order valence-corrected chi connectivity index (χ1v) is 8.81. The number of anilines is 1. The predicted octanol–water partition coefficient (Wildman–Crippen LogP) is 1.15. The normalized spacial score (nSPS) is 17.4. The van der Waals surface area contributed by atoms with Gasteiger partial charge in [0.1, 0.15) is 5.82 Å². The van der Waals surface area contributed by atoms with E-state index in [1.165, 1.54) is 12.1 Å². The van der Waals surface area contributed by atoms with E-state index in [-0.39, 0.29) is 11.9 Å². The third-order valence-corrected chi connectivity index (χ3v) is 4.31. The molecule has 1 aromatic carbocycles. The van der Waals surface area contributed by atoms with Gasteiger partial charge in [0, 0.05) is 65.2 Å². The quantitative estimate of drug-likeness (QED) is 0.570. The van der Waals surface area contributed by atoms with Gasteiger partial charge < -0.3 is 20.3 Å². The minimum absolute atomic E-state index is 0.185. The summed E-state index contributed by atoms with van der Waals surface area (Å²) in [5, 5.41) is 6.64. The summed E-state index contributed by atoms with van der Waals surface area (Å²) in [5.41, 5.74) is 1.09. The number of guanidine groups is 1. The molecule has 1 fully saturated rings. The lowest BCUT2D eigenvalue weighted by atomic mass is 10.2. The molecule has 2 N–H and O–H groups in total. The average Bonchev–Trinajstić information content (AvgIpc) is 2.62. The third kappa shape index (κ3) is 6.51. The summed E-state index contributed by atoms with van der Waals surface area (Å²) in [4.78, 5) is 8.96. The molecule has 1 heterocycles. The molecule has 1 unspecified atom stereocenters. The highest BCUT2D eigenvalue weighted by Crippen LogP contribution is 2.16. The van der Waals surface area contributed by atoms with Crippen LogP contribution in [0.5, 0.6) is 0 Å². The topological polar surface area (TPSA) is 52.1 Å². The Labute approximate surface area is 150 Å². The molecular formula is C18H30FN5O. The van der Waals surface area contributed by atoms with Crippen LogP contribution in [0.4, 0.5) is 10.1 Å². The number of hydrogen-bond donors (Lipinski definition) is 2. The van der Waals surface area contributed by atoms with E-state index in [0.717, 1.165) is 50.9 Å². The lowest BCUT2D eigenvalue weighted by molar-refractivity contribution is 0.179. The Balaban J connectivity index is 1.67. The molecule has 1 saturated heterocycles. The molecule has 0 amide bonds. The maximum Gasteiger partial charge on any atom is 0.191 e. The van der Waals surface area contributed by atoms with Gasteiger partial charge >= 0.3 is 0 Å². The van der Waals surface area contributed by atoms with Crippen molar-refractivity contribution < 1.29 is 9.13 Å². The van der Waals surface area contributed by atoms with E-state index in [0.29, 0.717) is 6.61 Å². The molecule has 0 aliphatic carbocycles. The molecule has 7 heteroatoms. The van der Waals surface area contributed by atoms with E-state index in [2.05, 4.69) is 32.3 Å². The SMILES string of the molecule is CN=C(NCCN1CCN(c2ccc(F)cc2)CC1)NC(C)COC. The minimum Gasteiger partial charge on any atom is -0.383 e. The predicted molar refractivity (Wildman–Crippen MR) is 101 cm³/mol. The molecule has 140 valence electrons. The number of piperazine rings is 1. The Morgan fingerprint density at radius 3 is 2.52 bits per heavy atom. The molecule has 1 aliphatic heterocycles. The zero-order valence-corrected chi connectivity index (χ0v) is 15.5. The van der Waals surface area contributed by atoms with Crippen molar-refractivity contribution in [2.24, 2.45) is 4.99 Å². The van der Waals surface area contributed by atoms with Gasteiger partial charge in [0.05, 0.1) is 6.61 Å². The second-order valence-corrected chi connectivity index (χ2v) is 6.30. The van der Waals surface area contributed by atoms with Gasteiger partial charge in [-0.15, -0.1) is 0 Å². The monoisotopic (exact) mass is 351 g/mol. The van der Waals surface area contributed by atoms with Gasteiger partial charge in [-0.1, -0.05) is 0 Å². The number of rotatable bonds is 7. The van der Waals surface area contributed by atoms with Crippen molar-refractivity contribution >= 4 is 11.6 Å². The fourth-order valence-electron chi connectivity index (χ4n) is 2.93. The fourth-order valence-corrected chi connectivity index (χ4v) is 2.93. The summed E-state index contributed by atoms with van der Waals surface area (Å²) < 4.78 is 18.1. The summed E-state index contributed by atoms with van der Waals surface area (Å²) in [7, 11) is 3.47. The number of methoxy groups -OCH3 is 1. The Bertz CT molecular complexity index is 529. The van der Waals surface area contributed by atoms with Crippen molar-refractivity contribution in [2.75, 3.05) is 64.9 Å². The zero-order valence-electron chi connectivity index (χ0n) is 15.5. The summed E-state index contributed by atoms with van der Waals surface area (Å²) in [6.45, 7) is 8.45. The van der Waals surface area contributed by atoms with E-state index < -0.39 is 0 Å². The molecule has 25 heavy (non-hydrogen) atoms. The second kappa shape index (κ2) is 10.2. The smallest absolute Gasteiger partial charge is 0.191 e. The fraction of sp³-hybridized carbons (Fsp3) is 0.611. The van der Waals surface area contributed by atoms with Crippen LogP contribution in [0.1, 0.15) is 6.92 Å². The molecule has 0 aromatic heterocycles. The lowest BCUT2D eigenvalue weighted by Crippen LogP contribution is -2.50. The van der Waals surface area contributed by atoms with Crippen LogP contribution in [-0.2, 0) is 4.74 Å². The Kier molecular flexibility index (Phi) is 7.94. The highest BCUT2D eigenvalue weighted by molar-refractivity contribution is 5.79. The number of halogens is 1. The molecule has 1 aromatic rings. The lowest BCUT2D eigenvalue weighted by Gasteiger charge is -2.36. The van der Waals surface area contributed by atoms with Crippen molar-refractivity contribution in [3.63, 3.8) is 0 Å². The number of ether oxygens (including phenoxy) is 1. The molecule has 1 aliphatic rings. The van der Waals surface area contributed by atoms with Crippen LogP contribution in [0.25, 0.3) is 0 Å². The zero-order chi connectivity index (χ0) is 18.1. The number of hydrogen-bond acceptors (Lipinski definition) is 4. The van der Waals surface area contributed by atoms with Gasteiger partial charge in [-0.2, -0.15) is 0 Å². The molecule has 6 nitrogen and oxygen atoms in total. The molecule has 0 radical (unpaired) electrons. The van der Waals surface area contributed by atoms with Gasteiger partial charge in [0.2, 0.25) is 0 Å². The molecule has 0 saturated carbocycles. The maximum atomic E-state index is 13.0. The van der Waals surface area contributed by atoms with Crippen molar-refractivity contribution in [2.45, 2.75) is 13.0 Å². The number of nitrogens with one attached hydrogen (secondary N) is 2. The standard InChI is InChI=1S/C18H30FN5O/c1-15(14-25-3)22-18(20-2)21-8-9-23-10-12-24(13-11-23)17-6-4-16(19)5-7-17/h4-7,15H,8-14H2,1-3H3,(H2,20,21,22).